The highest BCUT2D eigenvalue weighted by atomic mass is 16.7. The third kappa shape index (κ3) is 2.97. The summed E-state index contributed by atoms with van der Waals surface area (Å²) in [6.07, 6.45) is -7.20. The van der Waals surface area contributed by atoms with Gasteiger partial charge in [0.25, 0.3) is 0 Å². The first-order valence-electron chi connectivity index (χ1n) is 6.11. The van der Waals surface area contributed by atoms with Gasteiger partial charge in [0.15, 0.2) is 12.4 Å². The Kier molecular flexibility index (Phi) is 4.69. The van der Waals surface area contributed by atoms with E-state index >= 15 is 0 Å². The smallest absolute Gasteiger partial charge is 0.338 e. The maximum absolute atomic E-state index is 11.8. The Balaban J connectivity index is 2.07. The zero-order valence-corrected chi connectivity index (χ0v) is 10.5. The highest BCUT2D eigenvalue weighted by Gasteiger charge is 2.45. The normalized spacial score (nSPS) is 33.7. The van der Waals surface area contributed by atoms with E-state index in [0.29, 0.717) is 0 Å². The topological polar surface area (TPSA) is 116 Å². The minimum Gasteiger partial charge on any atom is -0.450 e. The van der Waals surface area contributed by atoms with Crippen molar-refractivity contribution in [2.24, 2.45) is 0 Å². The minimum atomic E-state index is -1.63. The van der Waals surface area contributed by atoms with Gasteiger partial charge in [-0.05, 0) is 12.1 Å². The van der Waals surface area contributed by atoms with Crippen molar-refractivity contribution in [3.05, 3.63) is 35.9 Å². The van der Waals surface area contributed by atoms with E-state index in [-0.39, 0.29) is 5.56 Å². The van der Waals surface area contributed by atoms with E-state index in [2.05, 4.69) is 0 Å². The summed E-state index contributed by atoms with van der Waals surface area (Å²) in [4.78, 5) is 11.8. The van der Waals surface area contributed by atoms with E-state index < -0.39 is 43.3 Å². The molecule has 7 nitrogen and oxygen atoms in total. The first-order chi connectivity index (χ1) is 9.54. The first-order valence-corrected chi connectivity index (χ1v) is 6.11. The molecule has 5 atom stereocenters. The number of ether oxygens (including phenoxy) is 2. The zero-order chi connectivity index (χ0) is 14.7. The van der Waals surface area contributed by atoms with Crippen LogP contribution in [0.4, 0.5) is 0 Å². The lowest BCUT2D eigenvalue weighted by molar-refractivity contribution is -0.285. The molecule has 1 aliphatic heterocycles. The van der Waals surface area contributed by atoms with Crippen molar-refractivity contribution in [2.45, 2.75) is 30.7 Å². The second kappa shape index (κ2) is 6.29. The van der Waals surface area contributed by atoms with Crippen molar-refractivity contribution in [3.63, 3.8) is 0 Å². The molecular weight excluding hydrogens is 268 g/mol. The summed E-state index contributed by atoms with van der Waals surface area (Å²) in [5, 5.41) is 38.1. The molecule has 0 saturated carbocycles. The summed E-state index contributed by atoms with van der Waals surface area (Å²) in [5.74, 6) is -0.757. The van der Waals surface area contributed by atoms with E-state index in [4.69, 9.17) is 14.6 Å². The molecule has 1 heterocycles. The number of hydrogen-bond donors (Lipinski definition) is 4. The molecular formula is C13H16O7. The predicted molar refractivity (Wildman–Crippen MR) is 65.6 cm³/mol. The molecule has 4 N–H and O–H groups in total. The fourth-order valence-corrected chi connectivity index (χ4v) is 1.96. The van der Waals surface area contributed by atoms with Crippen LogP contribution in [0.15, 0.2) is 30.3 Å². The van der Waals surface area contributed by atoms with E-state index in [0.717, 1.165) is 0 Å². The summed E-state index contributed by atoms with van der Waals surface area (Å²) in [6, 6.07) is 8.02. The Morgan fingerprint density at radius 1 is 1.15 bits per heavy atom. The highest BCUT2D eigenvalue weighted by Crippen LogP contribution is 2.23. The lowest BCUT2D eigenvalue weighted by atomic mass is 9.99. The predicted octanol–water partition coefficient (Wildman–Crippen LogP) is -1.36. The standard InChI is InChI=1S/C13H16O7/c14-6-8-9(15)10(16)11(13(18)19-8)20-12(17)7-4-2-1-3-5-7/h1-5,8-11,13-16,18H,6H2/t8-,9+,10+,11-,13?/m1/s1. The average Bonchev–Trinajstić information content (AvgIpc) is 2.48. The van der Waals surface area contributed by atoms with E-state index in [1.807, 2.05) is 0 Å². The molecule has 0 bridgehead atoms. The molecule has 1 fully saturated rings. The number of aliphatic hydroxyl groups excluding tert-OH is 4. The third-order valence-corrected chi connectivity index (χ3v) is 3.10. The van der Waals surface area contributed by atoms with Crippen LogP contribution in [0, 0.1) is 0 Å². The van der Waals surface area contributed by atoms with Gasteiger partial charge < -0.3 is 29.9 Å². The first kappa shape index (κ1) is 14.9. The van der Waals surface area contributed by atoms with Gasteiger partial charge in [0, 0.05) is 0 Å². The summed E-state index contributed by atoms with van der Waals surface area (Å²) in [6.45, 7) is -0.575. The number of carbonyl (C=O) groups excluding carboxylic acids is 1. The summed E-state index contributed by atoms with van der Waals surface area (Å²) < 4.78 is 9.85. The molecule has 110 valence electrons. The van der Waals surface area contributed by atoms with Gasteiger partial charge in [-0.15, -0.1) is 0 Å². The molecule has 20 heavy (non-hydrogen) atoms. The van der Waals surface area contributed by atoms with Gasteiger partial charge >= 0.3 is 5.97 Å². The maximum atomic E-state index is 11.8. The largest absolute Gasteiger partial charge is 0.450 e. The number of esters is 1. The highest BCUT2D eigenvalue weighted by molar-refractivity contribution is 5.89. The summed E-state index contributed by atoms with van der Waals surface area (Å²) in [7, 11) is 0. The van der Waals surface area contributed by atoms with Crippen molar-refractivity contribution in [1.82, 2.24) is 0 Å². The lowest BCUT2D eigenvalue weighted by Crippen LogP contribution is -2.59. The second-order valence-electron chi connectivity index (χ2n) is 4.46. The van der Waals surface area contributed by atoms with Crippen molar-refractivity contribution in [1.29, 1.82) is 0 Å². The van der Waals surface area contributed by atoms with Gasteiger partial charge in [0.1, 0.15) is 18.3 Å². The van der Waals surface area contributed by atoms with Crippen molar-refractivity contribution < 1.29 is 34.7 Å². The van der Waals surface area contributed by atoms with Gasteiger partial charge in [-0.25, -0.2) is 4.79 Å². The van der Waals surface area contributed by atoms with Gasteiger partial charge in [-0.2, -0.15) is 0 Å². The molecule has 1 aromatic rings. The molecule has 0 amide bonds. The average molecular weight is 284 g/mol. The van der Waals surface area contributed by atoms with Crippen LogP contribution in [0.25, 0.3) is 0 Å². The number of benzene rings is 1. The lowest BCUT2D eigenvalue weighted by Gasteiger charge is -2.39. The number of rotatable bonds is 3. The van der Waals surface area contributed by atoms with Crippen LogP contribution in [0.3, 0.4) is 0 Å². The maximum Gasteiger partial charge on any atom is 0.338 e. The fourth-order valence-electron chi connectivity index (χ4n) is 1.96. The molecule has 0 aliphatic carbocycles. The van der Waals surface area contributed by atoms with Gasteiger partial charge in [-0.3, -0.25) is 0 Å². The quantitative estimate of drug-likeness (QED) is 0.507. The Morgan fingerprint density at radius 2 is 1.80 bits per heavy atom. The van der Waals surface area contributed by atoms with Crippen molar-refractivity contribution >= 4 is 5.97 Å². The van der Waals surface area contributed by atoms with Crippen LogP contribution in [0.5, 0.6) is 0 Å². The Morgan fingerprint density at radius 3 is 2.40 bits per heavy atom. The minimum absolute atomic E-state index is 0.241. The Hall–Kier alpha value is -1.51. The van der Waals surface area contributed by atoms with Crippen molar-refractivity contribution in [3.8, 4) is 0 Å². The summed E-state index contributed by atoms with van der Waals surface area (Å²) >= 11 is 0. The fraction of sp³-hybridized carbons (Fsp3) is 0.462. The molecule has 1 aliphatic rings. The van der Waals surface area contributed by atoms with Crippen LogP contribution in [-0.4, -0.2) is 63.7 Å². The molecule has 1 unspecified atom stereocenters. The van der Waals surface area contributed by atoms with Gasteiger partial charge in [-0.1, -0.05) is 18.2 Å². The van der Waals surface area contributed by atoms with E-state index in [9.17, 15) is 20.1 Å². The molecule has 0 radical (unpaired) electrons. The molecule has 7 heteroatoms. The molecule has 1 aromatic carbocycles. The van der Waals surface area contributed by atoms with Gasteiger partial charge in [0.2, 0.25) is 0 Å². The Labute approximate surface area is 115 Å². The number of carbonyl (C=O) groups is 1. The van der Waals surface area contributed by atoms with Gasteiger partial charge in [0.05, 0.1) is 12.2 Å². The van der Waals surface area contributed by atoms with E-state index in [1.54, 1.807) is 18.2 Å². The monoisotopic (exact) mass is 284 g/mol. The molecule has 0 aromatic heterocycles. The number of hydrogen-bond acceptors (Lipinski definition) is 7. The van der Waals surface area contributed by atoms with Crippen LogP contribution in [-0.2, 0) is 9.47 Å². The van der Waals surface area contributed by atoms with Crippen LogP contribution < -0.4 is 0 Å². The third-order valence-electron chi connectivity index (χ3n) is 3.10. The Bertz CT molecular complexity index is 449. The zero-order valence-electron chi connectivity index (χ0n) is 10.5. The molecule has 2 rings (SSSR count). The van der Waals surface area contributed by atoms with Crippen LogP contribution in [0.1, 0.15) is 10.4 Å². The second-order valence-corrected chi connectivity index (χ2v) is 4.46. The summed E-state index contributed by atoms with van der Waals surface area (Å²) in [5.41, 5.74) is 0.241. The number of aliphatic hydroxyl groups is 4. The van der Waals surface area contributed by atoms with E-state index in [1.165, 1.54) is 12.1 Å². The molecule has 1 saturated heterocycles. The van der Waals surface area contributed by atoms with Crippen LogP contribution in [0.2, 0.25) is 0 Å². The molecule has 0 spiro atoms. The van der Waals surface area contributed by atoms with Crippen molar-refractivity contribution in [2.75, 3.05) is 6.61 Å². The van der Waals surface area contributed by atoms with Crippen LogP contribution >= 0.6 is 0 Å². The SMILES string of the molecule is O=C(O[C@H]1C(O)O[C@H](CO)[C@H](O)[C@@H]1O)c1ccccc1.